The minimum absolute atomic E-state index is 0.0745. The Balaban J connectivity index is 0.000000168. The highest BCUT2D eigenvalue weighted by atomic mass is 16.2. The topological polar surface area (TPSA) is 219 Å². The second-order valence-electron chi connectivity index (χ2n) is 10.7. The number of imide groups is 4. The fourth-order valence-electron chi connectivity index (χ4n) is 5.53. The number of hydrogen-bond donors (Lipinski definition) is 4. The Morgan fingerprint density at radius 3 is 1.26 bits per heavy atom. The maximum atomic E-state index is 12.5. The van der Waals surface area contributed by atoms with Crippen LogP contribution in [-0.2, 0) is 19.2 Å². The van der Waals surface area contributed by atoms with Crippen molar-refractivity contribution >= 4 is 58.6 Å². The van der Waals surface area contributed by atoms with Crippen LogP contribution in [0, 0.1) is 0 Å². The van der Waals surface area contributed by atoms with Crippen LogP contribution in [0.5, 0.6) is 0 Å². The molecule has 42 heavy (non-hydrogen) atoms. The molecule has 0 unspecified atom stereocenters. The van der Waals surface area contributed by atoms with Crippen LogP contribution in [0.2, 0.25) is 0 Å². The normalized spacial score (nSPS) is 25.1. The monoisotopic (exact) mass is 574 g/mol. The number of nitrogens with one attached hydrogen (secondary N) is 2. The Morgan fingerprint density at radius 2 is 0.952 bits per heavy atom. The molecule has 0 saturated carbocycles. The number of benzene rings is 2. The van der Waals surface area contributed by atoms with Crippen molar-refractivity contribution in [2.45, 2.75) is 50.6 Å². The van der Waals surface area contributed by atoms with E-state index in [9.17, 15) is 38.4 Å². The summed E-state index contributed by atoms with van der Waals surface area (Å²) in [4.78, 5) is 98.6. The number of nitrogen functional groups attached to an aromatic ring is 2. The lowest BCUT2D eigenvalue weighted by Crippen LogP contribution is -2.62. The Hall–Kier alpha value is -5.40. The van der Waals surface area contributed by atoms with Crippen LogP contribution < -0.4 is 22.1 Å². The van der Waals surface area contributed by atoms with Gasteiger partial charge in [0.2, 0.25) is 11.8 Å². The molecule has 14 nitrogen and oxygen atoms in total. The van der Waals surface area contributed by atoms with Gasteiger partial charge in [0.05, 0.1) is 22.3 Å². The molecule has 0 aliphatic carbocycles. The Morgan fingerprint density at radius 1 is 0.595 bits per heavy atom. The van der Waals surface area contributed by atoms with Crippen molar-refractivity contribution in [3.05, 3.63) is 58.7 Å². The van der Waals surface area contributed by atoms with Gasteiger partial charge >= 0.3 is 0 Å². The smallest absolute Gasteiger partial charge is 0.264 e. The van der Waals surface area contributed by atoms with Crippen LogP contribution in [-0.4, -0.2) is 68.1 Å². The average Bonchev–Trinajstić information content (AvgIpc) is 3.35. The molecule has 8 amide bonds. The van der Waals surface area contributed by atoms with E-state index in [4.69, 9.17) is 11.5 Å². The number of carbonyl (C=O) groups excluding carboxylic acids is 8. The Bertz CT molecular complexity index is 1550. The number of amides is 8. The summed E-state index contributed by atoms with van der Waals surface area (Å²) in [5, 5.41) is 4.35. The third kappa shape index (κ3) is 4.02. The van der Waals surface area contributed by atoms with Gasteiger partial charge in [-0.05, 0) is 51.0 Å². The van der Waals surface area contributed by atoms with Gasteiger partial charge in [-0.25, -0.2) is 0 Å². The SMILES string of the molecule is C[C@@]1(N2C(=O)c3cccc(N)c3C2=O)CCC(=O)NC1=O.C[C@]1(N2C(=O)c3cccc(N)c3C2=O)CCC(=O)NC1=O. The van der Waals surface area contributed by atoms with Crippen LogP contribution in [0.1, 0.15) is 81.0 Å². The largest absolute Gasteiger partial charge is 0.398 e. The molecule has 0 bridgehead atoms. The van der Waals surface area contributed by atoms with Gasteiger partial charge in [-0.1, -0.05) is 12.1 Å². The second-order valence-corrected chi connectivity index (χ2v) is 10.7. The van der Waals surface area contributed by atoms with Crippen LogP contribution in [0.25, 0.3) is 0 Å². The summed E-state index contributed by atoms with van der Waals surface area (Å²) in [5.74, 6) is -4.43. The average molecular weight is 575 g/mol. The number of carbonyl (C=O) groups is 8. The Labute approximate surface area is 238 Å². The molecule has 4 aliphatic heterocycles. The summed E-state index contributed by atoms with van der Waals surface area (Å²) in [5.41, 5.74) is 9.77. The van der Waals surface area contributed by atoms with Crippen LogP contribution in [0.3, 0.4) is 0 Å². The number of hydrogen-bond acceptors (Lipinski definition) is 10. The first-order valence-electron chi connectivity index (χ1n) is 13.0. The van der Waals surface area contributed by atoms with Gasteiger partial charge in [0, 0.05) is 24.2 Å². The van der Waals surface area contributed by atoms with E-state index in [1.54, 1.807) is 12.1 Å². The number of piperidine rings is 2. The minimum atomic E-state index is -1.38. The molecule has 6 N–H and O–H groups in total. The van der Waals surface area contributed by atoms with Crippen molar-refractivity contribution in [3.8, 4) is 0 Å². The van der Waals surface area contributed by atoms with Crippen molar-refractivity contribution in [1.82, 2.24) is 20.4 Å². The van der Waals surface area contributed by atoms with Gasteiger partial charge < -0.3 is 11.5 Å². The van der Waals surface area contributed by atoms with E-state index in [2.05, 4.69) is 10.6 Å². The predicted octanol–water partition coefficient (Wildman–Crippen LogP) is 0.120. The first-order valence-corrected chi connectivity index (χ1v) is 13.0. The van der Waals surface area contributed by atoms with Gasteiger partial charge in [-0.15, -0.1) is 0 Å². The van der Waals surface area contributed by atoms with E-state index in [0.29, 0.717) is 0 Å². The zero-order valence-electron chi connectivity index (χ0n) is 22.6. The lowest BCUT2D eigenvalue weighted by Gasteiger charge is -2.38. The second kappa shape index (κ2) is 9.61. The van der Waals surface area contributed by atoms with Gasteiger partial charge in [0.25, 0.3) is 35.4 Å². The molecule has 0 radical (unpaired) electrons. The highest BCUT2D eigenvalue weighted by molar-refractivity contribution is 6.27. The van der Waals surface area contributed by atoms with Crippen LogP contribution in [0.15, 0.2) is 36.4 Å². The lowest BCUT2D eigenvalue weighted by molar-refractivity contribution is -0.142. The number of rotatable bonds is 2. The fourth-order valence-corrected chi connectivity index (χ4v) is 5.53. The molecule has 2 fully saturated rings. The number of nitrogens with zero attached hydrogens (tertiary/aromatic N) is 2. The molecule has 4 heterocycles. The molecule has 216 valence electrons. The maximum absolute atomic E-state index is 12.5. The third-order valence-corrected chi connectivity index (χ3v) is 8.04. The summed E-state index contributed by atoms with van der Waals surface area (Å²) in [6.07, 6.45) is 0.350. The molecule has 2 saturated heterocycles. The van der Waals surface area contributed by atoms with E-state index in [1.165, 1.54) is 38.1 Å². The number of fused-ring (bicyclic) bond motifs is 2. The third-order valence-electron chi connectivity index (χ3n) is 8.04. The molecule has 14 heteroatoms. The van der Waals surface area contributed by atoms with E-state index >= 15 is 0 Å². The minimum Gasteiger partial charge on any atom is -0.398 e. The molecule has 2 atom stereocenters. The number of anilines is 2. The van der Waals surface area contributed by atoms with E-state index < -0.39 is 58.3 Å². The molecule has 0 aromatic heterocycles. The van der Waals surface area contributed by atoms with Gasteiger partial charge in [-0.2, -0.15) is 0 Å². The molecule has 2 aromatic carbocycles. The molecule has 6 rings (SSSR count). The van der Waals surface area contributed by atoms with E-state index in [-0.39, 0.29) is 59.3 Å². The van der Waals surface area contributed by atoms with Crippen molar-refractivity contribution in [2.24, 2.45) is 0 Å². The van der Waals surface area contributed by atoms with Crippen molar-refractivity contribution in [3.63, 3.8) is 0 Å². The zero-order chi connectivity index (χ0) is 30.7. The standard InChI is InChI=1S/2C14H13N3O4/c2*1-14(6-5-9(18)16-13(14)21)17-11(19)7-3-2-4-8(15)10(7)12(17)20/h2*2-4H,5-6,15H2,1H3,(H,16,18,21)/t2*14-/m10/s1. The first kappa shape index (κ1) is 28.1. The van der Waals surface area contributed by atoms with Gasteiger partial charge in [0.15, 0.2) is 0 Å². The molecule has 4 aliphatic rings. The van der Waals surface area contributed by atoms with Crippen LogP contribution >= 0.6 is 0 Å². The van der Waals surface area contributed by atoms with Gasteiger partial charge in [0.1, 0.15) is 11.1 Å². The van der Waals surface area contributed by atoms with E-state index in [0.717, 1.165) is 9.80 Å². The van der Waals surface area contributed by atoms with Crippen molar-refractivity contribution in [2.75, 3.05) is 11.5 Å². The van der Waals surface area contributed by atoms with Crippen molar-refractivity contribution < 1.29 is 38.4 Å². The van der Waals surface area contributed by atoms with Crippen LogP contribution in [0.4, 0.5) is 11.4 Å². The van der Waals surface area contributed by atoms with E-state index in [1.807, 2.05) is 0 Å². The Kier molecular flexibility index (Phi) is 6.44. The molecule has 2 aromatic rings. The predicted molar refractivity (Wildman–Crippen MR) is 144 cm³/mol. The number of nitrogens with two attached hydrogens (primary N) is 2. The molecular weight excluding hydrogens is 548 g/mol. The summed E-state index contributed by atoms with van der Waals surface area (Å²) in [6.45, 7) is 2.96. The molecule has 0 spiro atoms. The maximum Gasteiger partial charge on any atom is 0.264 e. The van der Waals surface area contributed by atoms with Gasteiger partial charge in [-0.3, -0.25) is 58.8 Å². The van der Waals surface area contributed by atoms with Crippen molar-refractivity contribution in [1.29, 1.82) is 0 Å². The summed E-state index contributed by atoms with van der Waals surface area (Å²) in [6, 6.07) is 9.22. The highest BCUT2D eigenvalue weighted by Crippen LogP contribution is 2.37. The summed E-state index contributed by atoms with van der Waals surface area (Å²) < 4.78 is 0. The first-order chi connectivity index (χ1) is 19.7. The summed E-state index contributed by atoms with van der Waals surface area (Å²) in [7, 11) is 0. The zero-order valence-corrected chi connectivity index (χ0v) is 22.6. The highest BCUT2D eigenvalue weighted by Gasteiger charge is 2.54. The fraction of sp³-hybridized carbons (Fsp3) is 0.286. The summed E-state index contributed by atoms with van der Waals surface area (Å²) >= 11 is 0. The molecular formula is C28H26N6O8. The lowest BCUT2D eigenvalue weighted by atomic mass is 9.89. The quantitative estimate of drug-likeness (QED) is 0.280.